The van der Waals surface area contributed by atoms with Crippen LogP contribution in [0.3, 0.4) is 0 Å². The van der Waals surface area contributed by atoms with Crippen molar-refractivity contribution in [1.82, 2.24) is 4.98 Å². The highest BCUT2D eigenvalue weighted by Gasteiger charge is 2.23. The van der Waals surface area contributed by atoms with E-state index in [4.69, 9.17) is 4.74 Å². The highest BCUT2D eigenvalue weighted by Crippen LogP contribution is 2.39. The second kappa shape index (κ2) is 4.77. The first-order chi connectivity index (χ1) is 10.4. The predicted octanol–water partition coefficient (Wildman–Crippen LogP) is 3.94. The lowest BCUT2D eigenvalue weighted by Gasteiger charge is -2.21. The lowest BCUT2D eigenvalue weighted by molar-refractivity contribution is 0.415. The van der Waals surface area contributed by atoms with Gasteiger partial charge in [-0.15, -0.1) is 0 Å². The average Bonchev–Trinajstić information content (AvgIpc) is 2.99. The molecule has 2 aromatic carbocycles. The molecule has 0 bridgehead atoms. The first kappa shape index (κ1) is 12.2. The van der Waals surface area contributed by atoms with Gasteiger partial charge in [0.2, 0.25) is 0 Å². The molecule has 1 aliphatic rings. The standard InChI is InChI=1S/C18H16N2O/c1-21-15-8-6-14(7-9-15)20-11-10-13-12-19-17-5-3-2-4-16(17)18(13)20/h2-9,12H,10-11H2,1H3. The van der Waals surface area contributed by atoms with Crippen molar-refractivity contribution in [2.45, 2.75) is 6.42 Å². The number of hydrogen-bond donors (Lipinski definition) is 0. The van der Waals surface area contributed by atoms with Crippen molar-refractivity contribution in [3.8, 4) is 5.75 Å². The minimum atomic E-state index is 0.887. The van der Waals surface area contributed by atoms with Crippen LogP contribution in [-0.2, 0) is 6.42 Å². The van der Waals surface area contributed by atoms with E-state index in [9.17, 15) is 0 Å². The van der Waals surface area contributed by atoms with Crippen LogP contribution in [0.2, 0.25) is 0 Å². The maximum atomic E-state index is 5.24. The molecule has 3 heteroatoms. The van der Waals surface area contributed by atoms with Crippen LogP contribution >= 0.6 is 0 Å². The van der Waals surface area contributed by atoms with Gasteiger partial charge in [-0.25, -0.2) is 0 Å². The zero-order valence-corrected chi connectivity index (χ0v) is 11.9. The fourth-order valence-electron chi connectivity index (χ4n) is 3.03. The third-order valence-corrected chi connectivity index (χ3v) is 4.08. The van der Waals surface area contributed by atoms with E-state index < -0.39 is 0 Å². The number of rotatable bonds is 2. The molecule has 0 amide bonds. The molecule has 0 aliphatic carbocycles. The van der Waals surface area contributed by atoms with Crippen LogP contribution in [0.1, 0.15) is 5.56 Å². The summed E-state index contributed by atoms with van der Waals surface area (Å²) in [7, 11) is 1.69. The normalized spacial score (nSPS) is 13.5. The van der Waals surface area contributed by atoms with E-state index >= 15 is 0 Å². The zero-order chi connectivity index (χ0) is 14.2. The number of fused-ring (bicyclic) bond motifs is 3. The summed E-state index contributed by atoms with van der Waals surface area (Å²) in [4.78, 5) is 6.94. The topological polar surface area (TPSA) is 25.4 Å². The number of aromatic nitrogens is 1. The first-order valence-electron chi connectivity index (χ1n) is 7.15. The summed E-state index contributed by atoms with van der Waals surface area (Å²) < 4.78 is 5.24. The molecule has 0 fully saturated rings. The van der Waals surface area contributed by atoms with Crippen LogP contribution in [0.5, 0.6) is 5.75 Å². The molecule has 0 radical (unpaired) electrons. The Labute approximate surface area is 123 Å². The van der Waals surface area contributed by atoms with Crippen molar-refractivity contribution in [1.29, 1.82) is 0 Å². The van der Waals surface area contributed by atoms with Crippen molar-refractivity contribution in [2.24, 2.45) is 0 Å². The number of methoxy groups -OCH3 is 1. The summed E-state index contributed by atoms with van der Waals surface area (Å²) in [6.45, 7) is 0.997. The molecule has 2 heterocycles. The Balaban J connectivity index is 1.86. The quantitative estimate of drug-likeness (QED) is 0.709. The van der Waals surface area contributed by atoms with E-state index in [1.54, 1.807) is 7.11 Å². The largest absolute Gasteiger partial charge is 0.497 e. The molecule has 3 nitrogen and oxygen atoms in total. The van der Waals surface area contributed by atoms with E-state index in [1.165, 1.54) is 22.3 Å². The highest BCUT2D eigenvalue weighted by atomic mass is 16.5. The summed E-state index contributed by atoms with van der Waals surface area (Å²) in [5.41, 5.74) is 4.87. The monoisotopic (exact) mass is 276 g/mol. The van der Waals surface area contributed by atoms with Crippen molar-refractivity contribution in [3.05, 3.63) is 60.3 Å². The fourth-order valence-corrected chi connectivity index (χ4v) is 3.03. The summed E-state index contributed by atoms with van der Waals surface area (Å²) >= 11 is 0. The minimum absolute atomic E-state index is 0.887. The third-order valence-electron chi connectivity index (χ3n) is 4.08. The van der Waals surface area contributed by atoms with E-state index in [0.29, 0.717) is 0 Å². The van der Waals surface area contributed by atoms with Crippen LogP contribution in [0.15, 0.2) is 54.7 Å². The van der Waals surface area contributed by atoms with Crippen molar-refractivity contribution in [2.75, 3.05) is 18.6 Å². The van der Waals surface area contributed by atoms with Gasteiger partial charge < -0.3 is 9.64 Å². The van der Waals surface area contributed by atoms with E-state index in [2.05, 4.69) is 40.2 Å². The second-order valence-corrected chi connectivity index (χ2v) is 5.25. The number of nitrogens with zero attached hydrogens (tertiary/aromatic N) is 2. The second-order valence-electron chi connectivity index (χ2n) is 5.25. The number of para-hydroxylation sites is 1. The number of pyridine rings is 1. The molecule has 0 atom stereocenters. The first-order valence-corrected chi connectivity index (χ1v) is 7.15. The molecular weight excluding hydrogens is 260 g/mol. The van der Waals surface area contributed by atoms with Gasteiger partial charge in [-0.05, 0) is 42.3 Å². The van der Waals surface area contributed by atoms with Gasteiger partial charge in [-0.2, -0.15) is 0 Å². The SMILES string of the molecule is COc1ccc(N2CCc3cnc4ccccc4c32)cc1. The van der Waals surface area contributed by atoms with Gasteiger partial charge in [0.25, 0.3) is 0 Å². The third kappa shape index (κ3) is 1.93. The van der Waals surface area contributed by atoms with Crippen LogP contribution in [0.4, 0.5) is 11.4 Å². The molecule has 1 aliphatic heterocycles. The smallest absolute Gasteiger partial charge is 0.119 e. The van der Waals surface area contributed by atoms with Crippen LogP contribution in [-0.4, -0.2) is 18.6 Å². The molecule has 4 rings (SSSR count). The molecule has 21 heavy (non-hydrogen) atoms. The summed E-state index contributed by atoms with van der Waals surface area (Å²) in [6.07, 6.45) is 3.06. The van der Waals surface area contributed by atoms with E-state index in [1.807, 2.05) is 24.4 Å². The number of ether oxygens (including phenoxy) is 1. The Morgan fingerprint density at radius 2 is 1.86 bits per heavy atom. The average molecular weight is 276 g/mol. The van der Waals surface area contributed by atoms with Gasteiger partial charge in [0.15, 0.2) is 0 Å². The summed E-state index contributed by atoms with van der Waals surface area (Å²) in [6, 6.07) is 16.6. The molecule has 0 unspecified atom stereocenters. The van der Waals surface area contributed by atoms with E-state index in [-0.39, 0.29) is 0 Å². The van der Waals surface area contributed by atoms with Gasteiger partial charge in [0.05, 0.1) is 18.3 Å². The van der Waals surface area contributed by atoms with Crippen LogP contribution < -0.4 is 9.64 Å². The molecule has 0 saturated carbocycles. The number of anilines is 2. The summed E-state index contributed by atoms with van der Waals surface area (Å²) in [5.74, 6) is 0.887. The van der Waals surface area contributed by atoms with Crippen LogP contribution in [0, 0.1) is 0 Å². The molecular formula is C18H16N2O. The van der Waals surface area contributed by atoms with Gasteiger partial charge in [0, 0.05) is 23.8 Å². The van der Waals surface area contributed by atoms with Gasteiger partial charge >= 0.3 is 0 Å². The molecule has 1 aromatic heterocycles. The maximum Gasteiger partial charge on any atom is 0.119 e. The number of hydrogen-bond acceptors (Lipinski definition) is 3. The molecule has 0 saturated heterocycles. The van der Waals surface area contributed by atoms with Gasteiger partial charge in [-0.1, -0.05) is 18.2 Å². The molecule has 3 aromatic rings. The van der Waals surface area contributed by atoms with Crippen molar-refractivity contribution < 1.29 is 4.74 Å². The van der Waals surface area contributed by atoms with Crippen molar-refractivity contribution >= 4 is 22.3 Å². The van der Waals surface area contributed by atoms with Crippen molar-refractivity contribution in [3.63, 3.8) is 0 Å². The van der Waals surface area contributed by atoms with Crippen LogP contribution in [0.25, 0.3) is 10.9 Å². The summed E-state index contributed by atoms with van der Waals surface area (Å²) in [5, 5.41) is 1.23. The van der Waals surface area contributed by atoms with E-state index in [0.717, 1.165) is 24.2 Å². The Morgan fingerprint density at radius 3 is 2.67 bits per heavy atom. The molecule has 0 N–H and O–H groups in total. The number of benzene rings is 2. The lowest BCUT2D eigenvalue weighted by Crippen LogP contribution is -2.13. The van der Waals surface area contributed by atoms with Gasteiger partial charge in [0.1, 0.15) is 5.75 Å². The Kier molecular flexibility index (Phi) is 2.78. The maximum absolute atomic E-state index is 5.24. The molecule has 104 valence electrons. The molecule has 0 spiro atoms. The Bertz CT molecular complexity index is 796. The minimum Gasteiger partial charge on any atom is -0.497 e. The van der Waals surface area contributed by atoms with Gasteiger partial charge in [-0.3, -0.25) is 4.98 Å². The zero-order valence-electron chi connectivity index (χ0n) is 11.9. The highest BCUT2D eigenvalue weighted by molar-refractivity contribution is 5.96. The lowest BCUT2D eigenvalue weighted by atomic mass is 10.1. The fraction of sp³-hybridized carbons (Fsp3) is 0.167. The Morgan fingerprint density at radius 1 is 1.05 bits per heavy atom. The Hall–Kier alpha value is -2.55. The predicted molar refractivity (Wildman–Crippen MR) is 85.4 cm³/mol.